The molecule has 20 heavy (non-hydrogen) atoms. The van der Waals surface area contributed by atoms with Gasteiger partial charge in [0.1, 0.15) is 0 Å². The Kier molecular flexibility index (Phi) is 5.63. The third-order valence-electron chi connectivity index (χ3n) is 2.88. The first kappa shape index (κ1) is 15.5. The summed E-state index contributed by atoms with van der Waals surface area (Å²) in [5.74, 6) is 0. The number of carbonyl (C=O) groups is 1. The molecule has 2 aromatic rings. The fourth-order valence-corrected chi connectivity index (χ4v) is 8.54. The van der Waals surface area contributed by atoms with E-state index < -0.39 is 0 Å². The van der Waals surface area contributed by atoms with E-state index in [0.29, 0.717) is 33.6 Å². The van der Waals surface area contributed by atoms with Gasteiger partial charge in [-0.3, -0.25) is 0 Å². The molecule has 0 unspecified atom stereocenters. The molecule has 2 aromatic carbocycles. The second-order valence-electron chi connectivity index (χ2n) is 5.13. The summed E-state index contributed by atoms with van der Waals surface area (Å²) in [5.41, 5.74) is -0.258. The molecule has 0 spiro atoms. The molecule has 0 N–H and O–H groups in total. The molecule has 0 heterocycles. The van der Waals surface area contributed by atoms with Crippen LogP contribution in [0.25, 0.3) is 0 Å². The van der Waals surface area contributed by atoms with Crippen molar-refractivity contribution in [2.24, 2.45) is 5.41 Å². The van der Waals surface area contributed by atoms with E-state index in [1.165, 1.54) is 8.92 Å². The summed E-state index contributed by atoms with van der Waals surface area (Å²) in [4.78, 5) is 11.5. The van der Waals surface area contributed by atoms with Gasteiger partial charge in [-0.2, -0.15) is 0 Å². The van der Waals surface area contributed by atoms with E-state index in [0.717, 1.165) is 6.29 Å². The van der Waals surface area contributed by atoms with Crippen molar-refractivity contribution in [3.63, 3.8) is 0 Å². The van der Waals surface area contributed by atoms with E-state index in [1.807, 2.05) is 12.1 Å². The fourth-order valence-electron chi connectivity index (χ4n) is 1.63. The first-order chi connectivity index (χ1) is 9.62. The Morgan fingerprint density at radius 3 is 1.60 bits per heavy atom. The van der Waals surface area contributed by atoms with Gasteiger partial charge in [-0.1, -0.05) is 0 Å². The number of aldehydes is 1. The van der Waals surface area contributed by atoms with Crippen molar-refractivity contribution < 1.29 is 4.79 Å². The summed E-state index contributed by atoms with van der Waals surface area (Å²) in [6.45, 7) is 4.14. The standard InChI is InChI=1S/C17H18OSe2/c1-17(2,13-18)16(19-14-9-5-3-6-10-14)20-15-11-7-4-8-12-15/h3-13,16H,1-2H3. The second kappa shape index (κ2) is 7.24. The maximum absolute atomic E-state index is 11.5. The number of carbonyl (C=O) groups excluding carboxylic acids is 1. The van der Waals surface area contributed by atoms with Crippen molar-refractivity contribution >= 4 is 45.1 Å². The number of hydrogen-bond acceptors (Lipinski definition) is 1. The van der Waals surface area contributed by atoms with E-state index in [1.54, 1.807) is 0 Å². The van der Waals surface area contributed by atoms with Crippen LogP contribution >= 0.6 is 0 Å². The predicted octanol–water partition coefficient (Wildman–Crippen LogP) is 2.02. The molecule has 104 valence electrons. The van der Waals surface area contributed by atoms with Crippen LogP contribution in [-0.4, -0.2) is 36.2 Å². The fraction of sp³-hybridized carbons (Fsp3) is 0.235. The Morgan fingerprint density at radius 2 is 1.25 bits per heavy atom. The van der Waals surface area contributed by atoms with Crippen LogP contribution in [0.5, 0.6) is 0 Å². The van der Waals surface area contributed by atoms with E-state index in [2.05, 4.69) is 62.4 Å². The van der Waals surface area contributed by atoms with Crippen LogP contribution in [0.3, 0.4) is 0 Å². The molecule has 0 atom stereocenters. The van der Waals surface area contributed by atoms with Crippen LogP contribution in [0.2, 0.25) is 3.71 Å². The maximum atomic E-state index is 11.5. The Hall–Kier alpha value is -0.851. The molecular weight excluding hydrogens is 378 g/mol. The molecule has 0 fully saturated rings. The molecule has 0 bridgehead atoms. The third kappa shape index (κ3) is 4.33. The van der Waals surface area contributed by atoms with Crippen molar-refractivity contribution in [2.75, 3.05) is 0 Å². The minimum absolute atomic E-state index is 0.258. The normalized spacial score (nSPS) is 11.6. The van der Waals surface area contributed by atoms with Crippen LogP contribution in [0.15, 0.2) is 60.7 Å². The van der Waals surface area contributed by atoms with Gasteiger partial charge in [0.15, 0.2) is 0 Å². The van der Waals surface area contributed by atoms with Gasteiger partial charge in [0.25, 0.3) is 0 Å². The molecule has 1 nitrogen and oxygen atoms in total. The van der Waals surface area contributed by atoms with E-state index in [-0.39, 0.29) is 5.41 Å². The van der Waals surface area contributed by atoms with Gasteiger partial charge < -0.3 is 0 Å². The molecule has 0 saturated heterocycles. The monoisotopic (exact) mass is 398 g/mol. The van der Waals surface area contributed by atoms with E-state index >= 15 is 0 Å². The molecule has 0 aliphatic heterocycles. The summed E-state index contributed by atoms with van der Waals surface area (Å²) in [5, 5.41) is 0. The van der Waals surface area contributed by atoms with Crippen molar-refractivity contribution in [1.29, 1.82) is 0 Å². The second-order valence-corrected chi connectivity index (χ2v) is 11.6. The quantitative estimate of drug-likeness (QED) is 0.540. The van der Waals surface area contributed by atoms with E-state index in [9.17, 15) is 4.79 Å². The first-order valence-electron chi connectivity index (χ1n) is 6.51. The zero-order valence-electron chi connectivity index (χ0n) is 11.7. The molecule has 0 aromatic heterocycles. The Balaban J connectivity index is 2.19. The Morgan fingerprint density at radius 1 is 0.850 bits per heavy atom. The zero-order chi connectivity index (χ0) is 14.4. The Labute approximate surface area is 133 Å². The summed E-state index contributed by atoms with van der Waals surface area (Å²) < 4.78 is 3.18. The summed E-state index contributed by atoms with van der Waals surface area (Å²) in [6.07, 6.45) is 1.13. The summed E-state index contributed by atoms with van der Waals surface area (Å²) in [7, 11) is 0. The predicted molar refractivity (Wildman–Crippen MR) is 87.3 cm³/mol. The summed E-state index contributed by atoms with van der Waals surface area (Å²) in [6, 6.07) is 21.1. The molecule has 2 rings (SSSR count). The van der Waals surface area contributed by atoms with Crippen LogP contribution in [0.4, 0.5) is 0 Å². The number of rotatable bonds is 6. The minimum atomic E-state index is -0.258. The van der Waals surface area contributed by atoms with E-state index in [4.69, 9.17) is 0 Å². The van der Waals surface area contributed by atoms with Crippen molar-refractivity contribution in [3.8, 4) is 0 Å². The van der Waals surface area contributed by atoms with Gasteiger partial charge in [0.05, 0.1) is 0 Å². The van der Waals surface area contributed by atoms with Gasteiger partial charge in [0, 0.05) is 0 Å². The number of hydrogen-bond donors (Lipinski definition) is 0. The first-order valence-corrected chi connectivity index (χ1v) is 10.2. The zero-order valence-corrected chi connectivity index (χ0v) is 15.1. The van der Waals surface area contributed by atoms with Gasteiger partial charge in [-0.05, 0) is 0 Å². The molecule has 0 amide bonds. The van der Waals surface area contributed by atoms with Crippen LogP contribution in [0, 0.1) is 5.41 Å². The van der Waals surface area contributed by atoms with Crippen molar-refractivity contribution in [3.05, 3.63) is 60.7 Å². The SMILES string of the molecule is CC(C)(C=O)C([Se]c1ccccc1)[Se]c1ccccc1. The van der Waals surface area contributed by atoms with Crippen molar-refractivity contribution in [2.45, 2.75) is 17.6 Å². The third-order valence-corrected chi connectivity index (χ3v) is 10.7. The van der Waals surface area contributed by atoms with Crippen LogP contribution in [0.1, 0.15) is 13.8 Å². The van der Waals surface area contributed by atoms with Gasteiger partial charge in [0.2, 0.25) is 0 Å². The van der Waals surface area contributed by atoms with Gasteiger partial charge >= 0.3 is 134 Å². The molecule has 0 saturated carbocycles. The van der Waals surface area contributed by atoms with Gasteiger partial charge in [-0.25, -0.2) is 0 Å². The molecule has 0 radical (unpaired) electrons. The van der Waals surface area contributed by atoms with Gasteiger partial charge in [-0.15, -0.1) is 0 Å². The average Bonchev–Trinajstić information content (AvgIpc) is 2.49. The molecule has 0 aliphatic rings. The molecule has 3 heteroatoms. The summed E-state index contributed by atoms with van der Waals surface area (Å²) >= 11 is 0.642. The number of benzene rings is 2. The molecular formula is C17H18OSe2. The topological polar surface area (TPSA) is 17.1 Å². The van der Waals surface area contributed by atoms with Crippen molar-refractivity contribution in [1.82, 2.24) is 0 Å². The average molecular weight is 396 g/mol. The van der Waals surface area contributed by atoms with Crippen LogP contribution < -0.4 is 8.92 Å². The van der Waals surface area contributed by atoms with Crippen LogP contribution in [-0.2, 0) is 4.79 Å². The Bertz CT molecular complexity index is 496. The molecule has 0 aliphatic carbocycles.